The number of aromatic nitrogens is 4. The molecule has 2 aromatic heterocycles. The number of hydrazone groups is 2. The zero-order valence-electron chi connectivity index (χ0n) is 39.3. The van der Waals surface area contributed by atoms with Gasteiger partial charge in [0.2, 0.25) is 31.1 Å². The molecule has 0 atom stereocenters. The summed E-state index contributed by atoms with van der Waals surface area (Å²) in [6, 6.07) is 34.1. The molecule has 0 radical (unpaired) electrons. The van der Waals surface area contributed by atoms with Gasteiger partial charge in [-0.3, -0.25) is 25.2 Å². The van der Waals surface area contributed by atoms with Gasteiger partial charge in [-0.05, 0) is 73.5 Å². The molecule has 0 aliphatic carbocycles. The number of rotatable bonds is 15. The molecule has 0 bridgehead atoms. The van der Waals surface area contributed by atoms with Crippen molar-refractivity contribution in [3.8, 4) is 0 Å². The summed E-state index contributed by atoms with van der Waals surface area (Å²) < 4.78 is 54.5. The highest BCUT2D eigenvalue weighted by Gasteiger charge is 2.17. The van der Waals surface area contributed by atoms with Crippen molar-refractivity contribution in [3.63, 3.8) is 0 Å². The molecule has 2 heterocycles. The number of hydrogen-bond donors (Lipinski definition) is 6. The topological polar surface area (TPSA) is 306 Å². The third-order valence-electron chi connectivity index (χ3n) is 7.56. The number of nitrogens with two attached hydrogens (primary N) is 2. The highest BCUT2D eigenvalue weighted by atomic mass is 32.2. The van der Waals surface area contributed by atoms with E-state index in [-0.39, 0.29) is 21.7 Å². The number of carbonyl (C=O) groups excluding carboxylic acids is 3. The first kappa shape index (κ1) is 56.6. The Balaban J connectivity index is 0.000000366. The Labute approximate surface area is 402 Å². The lowest BCUT2D eigenvalue weighted by Crippen LogP contribution is -2.16. The number of carbonyl (C=O) groups is 3. The van der Waals surface area contributed by atoms with Crippen LogP contribution >= 0.6 is 0 Å². The van der Waals surface area contributed by atoms with E-state index in [0.29, 0.717) is 34.4 Å². The van der Waals surface area contributed by atoms with Gasteiger partial charge < -0.3 is 26.2 Å². The number of sulfonamides is 2. The van der Waals surface area contributed by atoms with Crippen molar-refractivity contribution in [2.24, 2.45) is 10.2 Å². The summed E-state index contributed by atoms with van der Waals surface area (Å²) in [5.41, 5.74) is 20.7. The normalized spacial score (nSPS) is 10.4. The fourth-order valence-electron chi connectivity index (χ4n) is 4.42. The number of amides is 3. The summed E-state index contributed by atoms with van der Waals surface area (Å²) >= 11 is 0. The van der Waals surface area contributed by atoms with Crippen LogP contribution in [0, 0.1) is 13.8 Å². The van der Waals surface area contributed by atoms with Crippen molar-refractivity contribution >= 4 is 86.6 Å². The largest absolute Gasteiger partial charge is 0.399 e. The van der Waals surface area contributed by atoms with Gasteiger partial charge in [-0.15, -0.1) is 0 Å². The predicted molar refractivity (Wildman–Crippen MR) is 271 cm³/mol. The Morgan fingerprint density at radius 1 is 0.478 bits per heavy atom. The summed E-state index contributed by atoms with van der Waals surface area (Å²) in [5.74, 6) is 0.628. The van der Waals surface area contributed by atoms with E-state index in [2.05, 4.69) is 50.4 Å². The van der Waals surface area contributed by atoms with Gasteiger partial charge in [0.25, 0.3) is 20.0 Å². The van der Waals surface area contributed by atoms with E-state index in [1.165, 1.54) is 63.2 Å². The first-order valence-electron chi connectivity index (χ1n) is 20.2. The summed E-state index contributed by atoms with van der Waals surface area (Å²) in [4.78, 5) is 49.3. The molecule has 6 aromatic rings. The van der Waals surface area contributed by atoms with Crippen molar-refractivity contribution in [3.05, 3.63) is 144 Å². The van der Waals surface area contributed by atoms with E-state index in [0.717, 1.165) is 30.4 Å². The number of hydrogen-bond acceptors (Lipinski definition) is 17. The molecule has 0 aliphatic rings. The minimum absolute atomic E-state index is 0.0516. The lowest BCUT2D eigenvalue weighted by atomic mass is 10.2. The van der Waals surface area contributed by atoms with Crippen LogP contribution in [0.4, 0.5) is 34.9 Å². The fraction of sp³-hybridized carbons (Fsp3) is 0.178. The van der Waals surface area contributed by atoms with Crippen LogP contribution in [0.1, 0.15) is 22.5 Å². The second-order valence-corrected chi connectivity index (χ2v) is 17.9. The number of nitrogens with zero attached hydrogens (tertiary/aromatic N) is 9. The van der Waals surface area contributed by atoms with Gasteiger partial charge in [0.15, 0.2) is 11.6 Å². The van der Waals surface area contributed by atoms with Crippen LogP contribution in [-0.2, 0) is 34.4 Å². The zero-order valence-corrected chi connectivity index (χ0v) is 40.9. The van der Waals surface area contributed by atoms with Crippen LogP contribution < -0.4 is 31.8 Å². The number of nitrogen functional groups attached to an aromatic ring is 2. The molecule has 0 fully saturated rings. The molecule has 0 saturated heterocycles. The number of anilines is 6. The molecular weight excluding hydrogens is 927 g/mol. The predicted octanol–water partition coefficient (Wildman–Crippen LogP) is 4.34. The Bertz CT molecular complexity index is 2580. The van der Waals surface area contributed by atoms with Crippen LogP contribution in [0.5, 0.6) is 0 Å². The van der Waals surface area contributed by atoms with Crippen molar-refractivity contribution in [1.82, 2.24) is 34.6 Å². The molecule has 4 aromatic carbocycles. The van der Waals surface area contributed by atoms with Crippen LogP contribution in [0.25, 0.3) is 0 Å². The van der Waals surface area contributed by atoms with E-state index in [4.69, 9.17) is 11.5 Å². The third-order valence-corrected chi connectivity index (χ3v) is 10.2. The Morgan fingerprint density at radius 3 is 1.04 bits per heavy atom. The van der Waals surface area contributed by atoms with Gasteiger partial charge in [0.05, 0.1) is 22.2 Å². The quantitative estimate of drug-likeness (QED) is 0.0361. The third kappa shape index (κ3) is 23.5. The van der Waals surface area contributed by atoms with Crippen LogP contribution in [0.2, 0.25) is 0 Å². The fourth-order valence-corrected chi connectivity index (χ4v) is 6.31. The standard InChI is InChI=1S/2C18H18N6O2S.3C3H7NO/c2*1-13-11-17(23-20-12-14-5-3-2-4-6-14)22-18(21-13)24-27(25,26)16-9-7-15(19)8-10-16;3*1-4(2)3-5/h2*2-12H,19H2,1H3,(H2,21,22,23,24);3*3H,1-2H3/b2*20-12+;;;. The minimum atomic E-state index is -3.82. The molecule has 0 saturated carbocycles. The first-order valence-corrected chi connectivity index (χ1v) is 23.1. The lowest BCUT2D eigenvalue weighted by Gasteiger charge is -2.09. The van der Waals surface area contributed by atoms with Crippen molar-refractivity contribution in [2.75, 3.05) is 74.0 Å². The van der Waals surface area contributed by atoms with E-state index in [1.54, 1.807) is 80.7 Å². The van der Waals surface area contributed by atoms with Gasteiger partial charge in [0, 0.05) is 77.2 Å². The van der Waals surface area contributed by atoms with Gasteiger partial charge in [0.1, 0.15) is 0 Å². The van der Waals surface area contributed by atoms with Crippen LogP contribution in [0.15, 0.2) is 141 Å². The van der Waals surface area contributed by atoms with E-state index in [9.17, 15) is 31.2 Å². The summed E-state index contributed by atoms with van der Waals surface area (Å²) in [5, 5.41) is 8.20. The maximum absolute atomic E-state index is 12.5. The van der Waals surface area contributed by atoms with Gasteiger partial charge in [-0.2, -0.15) is 20.2 Å². The molecule has 69 heavy (non-hydrogen) atoms. The van der Waals surface area contributed by atoms with Gasteiger partial charge in [-0.25, -0.2) is 36.2 Å². The molecule has 6 rings (SSSR count). The number of benzene rings is 4. The molecule has 3 amide bonds. The van der Waals surface area contributed by atoms with Crippen LogP contribution in [0.3, 0.4) is 0 Å². The van der Waals surface area contributed by atoms with Crippen molar-refractivity contribution in [1.29, 1.82) is 0 Å². The average Bonchev–Trinajstić information content (AvgIpc) is 3.30. The molecule has 0 aliphatic heterocycles. The Hall–Kier alpha value is -8.51. The van der Waals surface area contributed by atoms with E-state index >= 15 is 0 Å². The van der Waals surface area contributed by atoms with Crippen molar-refractivity contribution in [2.45, 2.75) is 23.6 Å². The second kappa shape index (κ2) is 29.2. The molecule has 8 N–H and O–H groups in total. The van der Waals surface area contributed by atoms with E-state index < -0.39 is 20.0 Å². The molecule has 22 nitrogen and oxygen atoms in total. The highest BCUT2D eigenvalue weighted by Crippen LogP contribution is 2.18. The summed E-state index contributed by atoms with van der Waals surface area (Å²) in [7, 11) is 2.48. The van der Waals surface area contributed by atoms with Gasteiger partial charge in [-0.1, -0.05) is 60.7 Å². The molecule has 0 unspecified atom stereocenters. The second-order valence-electron chi connectivity index (χ2n) is 14.6. The maximum atomic E-state index is 12.5. The smallest absolute Gasteiger partial charge is 0.264 e. The molecular formula is C45H57N15O7S2. The number of aryl methyl sites for hydroxylation is 2. The van der Waals surface area contributed by atoms with Gasteiger partial charge >= 0.3 is 0 Å². The maximum Gasteiger partial charge on any atom is 0.264 e. The van der Waals surface area contributed by atoms with Crippen molar-refractivity contribution < 1.29 is 31.2 Å². The van der Waals surface area contributed by atoms with Crippen LogP contribution in [-0.4, -0.2) is 125 Å². The lowest BCUT2D eigenvalue weighted by molar-refractivity contribution is -0.116. The summed E-state index contributed by atoms with van der Waals surface area (Å²) in [6.45, 7) is 3.46. The zero-order chi connectivity index (χ0) is 51.4. The minimum Gasteiger partial charge on any atom is -0.399 e. The Kier molecular flexibility index (Phi) is 24.0. The Morgan fingerprint density at radius 2 is 0.768 bits per heavy atom. The number of nitrogens with one attached hydrogen (secondary N) is 4. The molecule has 366 valence electrons. The molecule has 24 heteroatoms. The highest BCUT2D eigenvalue weighted by molar-refractivity contribution is 7.93. The first-order chi connectivity index (χ1) is 32.7. The average molecular weight is 984 g/mol. The monoisotopic (exact) mass is 983 g/mol. The van der Waals surface area contributed by atoms with E-state index in [1.807, 2.05) is 60.7 Å². The SMILES string of the molecule is CN(C)C=O.CN(C)C=O.CN(C)C=O.Cc1cc(N/N=C/c2ccccc2)nc(NS(=O)(=O)c2ccc(N)cc2)n1.Cc1cc(N/N=C/c2ccccc2)nc(NS(=O)(=O)c2ccc(N)cc2)n1. The summed E-state index contributed by atoms with van der Waals surface area (Å²) in [6.07, 6.45) is 5.52. The molecule has 0 spiro atoms.